The van der Waals surface area contributed by atoms with Crippen molar-refractivity contribution in [3.05, 3.63) is 12.7 Å². The average molecular weight is 192 g/mol. The van der Waals surface area contributed by atoms with Crippen molar-refractivity contribution < 1.29 is 18.6 Å². The summed E-state index contributed by atoms with van der Waals surface area (Å²) < 4.78 is 31.1. The summed E-state index contributed by atoms with van der Waals surface area (Å²) in [4.78, 5) is 0. The van der Waals surface area contributed by atoms with E-state index in [0.717, 1.165) is 0 Å². The van der Waals surface area contributed by atoms with E-state index in [4.69, 9.17) is 9.84 Å². The Morgan fingerprint density at radius 1 is 1.38 bits per heavy atom. The molecule has 0 aromatic heterocycles. The Balaban J connectivity index is 2.43. The summed E-state index contributed by atoms with van der Waals surface area (Å²) in [6.45, 7) is 3.63. The highest BCUT2D eigenvalue weighted by Crippen LogP contribution is 2.27. The number of hydrogen-bond acceptors (Lipinski definition) is 2. The van der Waals surface area contributed by atoms with Crippen LogP contribution in [0.5, 0.6) is 0 Å². The van der Waals surface area contributed by atoms with Gasteiger partial charge in [-0.15, -0.1) is 6.58 Å². The van der Waals surface area contributed by atoms with Crippen LogP contribution in [0.25, 0.3) is 0 Å². The number of hydrogen-bond donors (Lipinski definition) is 1. The van der Waals surface area contributed by atoms with Gasteiger partial charge in [0.25, 0.3) is 0 Å². The highest BCUT2D eigenvalue weighted by Gasteiger charge is 2.39. The van der Waals surface area contributed by atoms with Crippen LogP contribution in [0.3, 0.4) is 0 Å². The lowest BCUT2D eigenvalue weighted by Crippen LogP contribution is -2.45. The predicted octanol–water partition coefficient (Wildman–Crippen LogP) is 1.39. The van der Waals surface area contributed by atoms with E-state index in [1.807, 2.05) is 0 Å². The standard InChI is InChI=1S/C9H14F2O2/c1-2-5-13-7-4-3-6(12)8(10)9(7)11/h2,6-9,12H,1,3-5H2. The fraction of sp³-hybridized carbons (Fsp3) is 0.778. The molecule has 0 bridgehead atoms. The summed E-state index contributed by atoms with van der Waals surface area (Å²) in [7, 11) is 0. The van der Waals surface area contributed by atoms with Crippen LogP contribution in [-0.2, 0) is 4.74 Å². The van der Waals surface area contributed by atoms with E-state index in [1.54, 1.807) is 0 Å². The first-order valence-corrected chi connectivity index (χ1v) is 4.35. The minimum absolute atomic E-state index is 0.216. The van der Waals surface area contributed by atoms with E-state index < -0.39 is 24.6 Å². The highest BCUT2D eigenvalue weighted by atomic mass is 19.2. The van der Waals surface area contributed by atoms with Crippen molar-refractivity contribution >= 4 is 0 Å². The predicted molar refractivity (Wildman–Crippen MR) is 45.0 cm³/mol. The van der Waals surface area contributed by atoms with E-state index in [-0.39, 0.29) is 13.0 Å². The van der Waals surface area contributed by atoms with Gasteiger partial charge in [-0.2, -0.15) is 0 Å². The van der Waals surface area contributed by atoms with Crippen molar-refractivity contribution in [2.24, 2.45) is 0 Å². The number of alkyl halides is 2. The number of aliphatic hydroxyl groups excluding tert-OH is 1. The molecule has 1 fully saturated rings. The Kier molecular flexibility index (Phi) is 3.81. The molecule has 2 nitrogen and oxygen atoms in total. The lowest BCUT2D eigenvalue weighted by Gasteiger charge is -2.31. The third-order valence-corrected chi connectivity index (χ3v) is 2.20. The minimum atomic E-state index is -1.82. The maximum atomic E-state index is 13.1. The van der Waals surface area contributed by atoms with Crippen LogP contribution in [0.15, 0.2) is 12.7 Å². The fourth-order valence-electron chi connectivity index (χ4n) is 1.44. The summed E-state index contributed by atoms with van der Waals surface area (Å²) in [5.41, 5.74) is 0. The zero-order valence-corrected chi connectivity index (χ0v) is 7.33. The Morgan fingerprint density at radius 2 is 2.08 bits per heavy atom. The minimum Gasteiger partial charge on any atom is -0.390 e. The number of rotatable bonds is 3. The van der Waals surface area contributed by atoms with Gasteiger partial charge in [0.05, 0.1) is 18.8 Å². The Labute approximate surface area is 76.2 Å². The fourth-order valence-corrected chi connectivity index (χ4v) is 1.44. The number of aliphatic hydroxyl groups is 1. The van der Waals surface area contributed by atoms with Gasteiger partial charge in [0.2, 0.25) is 0 Å². The van der Waals surface area contributed by atoms with Crippen LogP contribution < -0.4 is 0 Å². The van der Waals surface area contributed by atoms with Gasteiger partial charge in [-0.25, -0.2) is 8.78 Å². The van der Waals surface area contributed by atoms with Crippen molar-refractivity contribution in [3.63, 3.8) is 0 Å². The summed E-state index contributed by atoms with van der Waals surface area (Å²) in [6.07, 6.45) is -3.35. The van der Waals surface area contributed by atoms with Crippen molar-refractivity contribution in [3.8, 4) is 0 Å². The van der Waals surface area contributed by atoms with E-state index in [9.17, 15) is 8.78 Å². The van der Waals surface area contributed by atoms with Crippen molar-refractivity contribution in [1.82, 2.24) is 0 Å². The van der Waals surface area contributed by atoms with Gasteiger partial charge < -0.3 is 9.84 Å². The SMILES string of the molecule is C=CCOC1CCC(O)C(F)C1F. The lowest BCUT2D eigenvalue weighted by atomic mass is 9.91. The molecule has 0 radical (unpaired) electrons. The van der Waals surface area contributed by atoms with Crippen molar-refractivity contribution in [2.45, 2.75) is 37.4 Å². The van der Waals surface area contributed by atoms with Gasteiger partial charge in [0.1, 0.15) is 0 Å². The molecule has 0 saturated heterocycles. The normalized spacial score (nSPS) is 40.2. The number of ether oxygens (including phenoxy) is 1. The molecule has 1 aliphatic carbocycles. The largest absolute Gasteiger partial charge is 0.390 e. The van der Waals surface area contributed by atoms with Crippen LogP contribution in [-0.4, -0.2) is 36.3 Å². The van der Waals surface area contributed by atoms with Crippen LogP contribution in [0, 0.1) is 0 Å². The van der Waals surface area contributed by atoms with E-state index in [1.165, 1.54) is 6.08 Å². The molecule has 0 aliphatic heterocycles. The topological polar surface area (TPSA) is 29.5 Å². The molecule has 0 aromatic rings. The zero-order chi connectivity index (χ0) is 9.84. The molecular formula is C9H14F2O2. The molecule has 0 aromatic carbocycles. The molecule has 0 amide bonds. The summed E-state index contributed by atoms with van der Waals surface area (Å²) in [5.74, 6) is 0. The van der Waals surface area contributed by atoms with Crippen LogP contribution in [0.1, 0.15) is 12.8 Å². The van der Waals surface area contributed by atoms with Crippen molar-refractivity contribution in [2.75, 3.05) is 6.61 Å². The van der Waals surface area contributed by atoms with E-state index >= 15 is 0 Å². The van der Waals surface area contributed by atoms with Crippen LogP contribution in [0.2, 0.25) is 0 Å². The molecule has 4 unspecified atom stereocenters. The van der Waals surface area contributed by atoms with Gasteiger partial charge in [-0.1, -0.05) is 6.08 Å². The number of halogens is 2. The molecule has 1 saturated carbocycles. The Morgan fingerprint density at radius 3 is 2.69 bits per heavy atom. The second-order valence-corrected chi connectivity index (χ2v) is 3.19. The molecule has 1 rings (SSSR count). The Bertz CT molecular complexity index is 175. The van der Waals surface area contributed by atoms with E-state index in [0.29, 0.717) is 6.42 Å². The van der Waals surface area contributed by atoms with Crippen molar-refractivity contribution in [1.29, 1.82) is 0 Å². The lowest BCUT2D eigenvalue weighted by molar-refractivity contribution is -0.0919. The molecule has 1 N–H and O–H groups in total. The third-order valence-electron chi connectivity index (χ3n) is 2.20. The first kappa shape index (κ1) is 10.6. The van der Waals surface area contributed by atoms with Gasteiger partial charge in [0.15, 0.2) is 12.3 Å². The van der Waals surface area contributed by atoms with Gasteiger partial charge in [-0.3, -0.25) is 0 Å². The molecular weight excluding hydrogens is 178 g/mol. The monoisotopic (exact) mass is 192 g/mol. The van der Waals surface area contributed by atoms with E-state index in [2.05, 4.69) is 6.58 Å². The smallest absolute Gasteiger partial charge is 0.160 e. The molecule has 4 heteroatoms. The molecule has 1 aliphatic rings. The van der Waals surface area contributed by atoms with Crippen LogP contribution >= 0.6 is 0 Å². The molecule has 0 heterocycles. The maximum absolute atomic E-state index is 13.1. The molecule has 4 atom stereocenters. The highest BCUT2D eigenvalue weighted by molar-refractivity contribution is 4.89. The summed E-state index contributed by atoms with van der Waals surface area (Å²) >= 11 is 0. The second-order valence-electron chi connectivity index (χ2n) is 3.19. The van der Waals surface area contributed by atoms with Gasteiger partial charge in [-0.05, 0) is 12.8 Å². The van der Waals surface area contributed by atoms with Gasteiger partial charge >= 0.3 is 0 Å². The first-order chi connectivity index (χ1) is 6.16. The van der Waals surface area contributed by atoms with Crippen LogP contribution in [0.4, 0.5) is 8.78 Å². The molecule has 0 spiro atoms. The zero-order valence-electron chi connectivity index (χ0n) is 7.33. The quantitative estimate of drug-likeness (QED) is 0.685. The van der Waals surface area contributed by atoms with Gasteiger partial charge in [0, 0.05) is 0 Å². The Hall–Kier alpha value is -0.480. The average Bonchev–Trinajstić information content (AvgIpc) is 2.13. The molecule has 13 heavy (non-hydrogen) atoms. The second kappa shape index (κ2) is 4.67. The first-order valence-electron chi connectivity index (χ1n) is 4.35. The maximum Gasteiger partial charge on any atom is 0.160 e. The molecule has 76 valence electrons. The third kappa shape index (κ3) is 2.48. The summed E-state index contributed by atoms with van der Waals surface area (Å²) in [6, 6.07) is 0. The summed E-state index contributed by atoms with van der Waals surface area (Å²) in [5, 5.41) is 9.00.